The van der Waals surface area contributed by atoms with Crippen LogP contribution in [-0.2, 0) is 4.74 Å². The Morgan fingerprint density at radius 3 is 2.47 bits per heavy atom. The predicted octanol–water partition coefficient (Wildman–Crippen LogP) is 1.33. The molecule has 0 saturated carbocycles. The Morgan fingerprint density at radius 1 is 1.33 bits per heavy atom. The van der Waals surface area contributed by atoms with Gasteiger partial charge in [0.1, 0.15) is 5.60 Å². The summed E-state index contributed by atoms with van der Waals surface area (Å²) in [4.78, 5) is 18.9. The summed E-state index contributed by atoms with van der Waals surface area (Å²) in [7, 11) is 0. The molecule has 0 saturated heterocycles. The van der Waals surface area contributed by atoms with Crippen LogP contribution in [0.2, 0.25) is 0 Å². The van der Waals surface area contributed by atoms with Crippen LogP contribution < -0.4 is 10.9 Å². The molecule has 15 heavy (non-hydrogen) atoms. The summed E-state index contributed by atoms with van der Waals surface area (Å²) in [6.07, 6.45) is 2.55. The van der Waals surface area contributed by atoms with Crippen molar-refractivity contribution in [3.05, 3.63) is 18.5 Å². The number of hydrogen-bond donors (Lipinski definition) is 2. The smallest absolute Gasteiger partial charge is 0.426 e. The zero-order valence-corrected chi connectivity index (χ0v) is 8.94. The molecule has 1 aromatic rings. The van der Waals surface area contributed by atoms with E-state index >= 15 is 0 Å². The third-order valence-corrected chi connectivity index (χ3v) is 1.24. The SMILES string of the molecule is CC(C)(C)OC(=O)NNc1ncccn1. The number of nitrogens with one attached hydrogen (secondary N) is 2. The Morgan fingerprint density at radius 2 is 1.93 bits per heavy atom. The molecule has 1 heterocycles. The second-order valence-electron chi connectivity index (χ2n) is 3.82. The molecule has 0 radical (unpaired) electrons. The fourth-order valence-electron chi connectivity index (χ4n) is 0.774. The molecular formula is C9H14N4O2. The summed E-state index contributed by atoms with van der Waals surface area (Å²) in [5, 5.41) is 0. The number of ether oxygens (including phenoxy) is 1. The van der Waals surface area contributed by atoms with Gasteiger partial charge in [0.05, 0.1) is 0 Å². The van der Waals surface area contributed by atoms with E-state index in [1.165, 1.54) is 0 Å². The van der Waals surface area contributed by atoms with E-state index in [0.29, 0.717) is 5.95 Å². The van der Waals surface area contributed by atoms with Crippen molar-refractivity contribution in [1.82, 2.24) is 15.4 Å². The molecule has 6 heteroatoms. The minimum Gasteiger partial charge on any atom is -0.443 e. The van der Waals surface area contributed by atoms with E-state index in [1.54, 1.807) is 39.2 Å². The molecular weight excluding hydrogens is 196 g/mol. The molecule has 0 bridgehead atoms. The zero-order valence-electron chi connectivity index (χ0n) is 8.94. The Labute approximate surface area is 88.0 Å². The van der Waals surface area contributed by atoms with Crippen molar-refractivity contribution in [2.45, 2.75) is 26.4 Å². The van der Waals surface area contributed by atoms with Crippen molar-refractivity contribution in [1.29, 1.82) is 0 Å². The first-order valence-electron chi connectivity index (χ1n) is 4.49. The Hall–Kier alpha value is -1.85. The van der Waals surface area contributed by atoms with Crippen LogP contribution in [-0.4, -0.2) is 21.7 Å². The lowest BCUT2D eigenvalue weighted by Crippen LogP contribution is -2.36. The summed E-state index contributed by atoms with van der Waals surface area (Å²) in [6.45, 7) is 5.35. The minimum absolute atomic E-state index is 0.309. The molecule has 6 nitrogen and oxygen atoms in total. The molecule has 2 N–H and O–H groups in total. The van der Waals surface area contributed by atoms with Crippen LogP contribution in [0.5, 0.6) is 0 Å². The molecule has 1 rings (SSSR count). The van der Waals surface area contributed by atoms with E-state index in [-0.39, 0.29) is 0 Å². The van der Waals surface area contributed by atoms with Crippen molar-refractivity contribution in [2.24, 2.45) is 0 Å². The minimum atomic E-state index is -0.574. The van der Waals surface area contributed by atoms with Gasteiger partial charge in [0.15, 0.2) is 0 Å². The standard InChI is InChI=1S/C9H14N4O2/c1-9(2,3)15-8(14)13-12-7-10-5-4-6-11-7/h4-6H,1-3H3,(H,13,14)(H,10,11,12). The highest BCUT2D eigenvalue weighted by Gasteiger charge is 2.15. The quantitative estimate of drug-likeness (QED) is 0.720. The number of hydrogen-bond acceptors (Lipinski definition) is 5. The second-order valence-corrected chi connectivity index (χ2v) is 3.82. The van der Waals surface area contributed by atoms with Gasteiger partial charge in [-0.1, -0.05) is 0 Å². The molecule has 0 atom stereocenters. The van der Waals surface area contributed by atoms with Crippen molar-refractivity contribution < 1.29 is 9.53 Å². The average Bonchev–Trinajstić information content (AvgIpc) is 2.14. The number of amides is 1. The number of hydrazine groups is 1. The molecule has 0 aliphatic heterocycles. The van der Waals surface area contributed by atoms with Gasteiger partial charge in [-0.25, -0.2) is 20.2 Å². The number of nitrogens with zero attached hydrogens (tertiary/aromatic N) is 2. The van der Waals surface area contributed by atoms with E-state index in [0.717, 1.165) is 0 Å². The van der Waals surface area contributed by atoms with Crippen LogP contribution in [0.25, 0.3) is 0 Å². The third kappa shape index (κ3) is 4.80. The molecule has 0 aromatic carbocycles. The van der Waals surface area contributed by atoms with E-state index in [9.17, 15) is 4.79 Å². The number of rotatable bonds is 2. The molecule has 1 aromatic heterocycles. The highest BCUT2D eigenvalue weighted by molar-refractivity contribution is 5.68. The van der Waals surface area contributed by atoms with E-state index in [2.05, 4.69) is 20.8 Å². The maximum atomic E-state index is 11.2. The van der Waals surface area contributed by atoms with Gasteiger partial charge < -0.3 is 4.74 Å². The molecule has 0 unspecified atom stereocenters. The predicted molar refractivity (Wildman–Crippen MR) is 55.0 cm³/mol. The summed E-state index contributed by atoms with van der Waals surface area (Å²) in [5.74, 6) is 0.309. The average molecular weight is 210 g/mol. The van der Waals surface area contributed by atoms with Crippen LogP contribution in [0.4, 0.5) is 10.7 Å². The first-order chi connectivity index (χ1) is 6.97. The number of carbonyl (C=O) groups is 1. The number of aromatic nitrogens is 2. The van der Waals surface area contributed by atoms with E-state index in [4.69, 9.17) is 4.74 Å². The molecule has 82 valence electrons. The monoisotopic (exact) mass is 210 g/mol. The van der Waals surface area contributed by atoms with Crippen molar-refractivity contribution in [2.75, 3.05) is 5.43 Å². The largest absolute Gasteiger partial charge is 0.443 e. The van der Waals surface area contributed by atoms with Gasteiger partial charge in [-0.05, 0) is 26.8 Å². The van der Waals surface area contributed by atoms with Crippen molar-refractivity contribution >= 4 is 12.0 Å². The van der Waals surface area contributed by atoms with Crippen LogP contribution in [0.1, 0.15) is 20.8 Å². The van der Waals surface area contributed by atoms with Crippen molar-refractivity contribution in [3.8, 4) is 0 Å². The van der Waals surface area contributed by atoms with Crippen molar-refractivity contribution in [3.63, 3.8) is 0 Å². The fraction of sp³-hybridized carbons (Fsp3) is 0.444. The highest BCUT2D eigenvalue weighted by Crippen LogP contribution is 2.06. The van der Waals surface area contributed by atoms with Gasteiger partial charge in [0.25, 0.3) is 0 Å². The second kappa shape index (κ2) is 4.59. The van der Waals surface area contributed by atoms with Gasteiger partial charge in [0.2, 0.25) is 5.95 Å². The van der Waals surface area contributed by atoms with Crippen LogP contribution in [0, 0.1) is 0 Å². The number of anilines is 1. The van der Waals surface area contributed by atoms with Gasteiger partial charge in [0, 0.05) is 12.4 Å². The first-order valence-corrected chi connectivity index (χ1v) is 4.49. The lowest BCUT2D eigenvalue weighted by Gasteiger charge is -2.19. The van der Waals surface area contributed by atoms with E-state index < -0.39 is 11.7 Å². The molecule has 0 spiro atoms. The Bertz CT molecular complexity index is 321. The number of carbonyl (C=O) groups excluding carboxylic acids is 1. The Balaban J connectivity index is 2.35. The van der Waals surface area contributed by atoms with E-state index in [1.807, 2.05) is 0 Å². The van der Waals surface area contributed by atoms with Gasteiger partial charge in [-0.15, -0.1) is 0 Å². The molecule has 0 aliphatic rings. The van der Waals surface area contributed by atoms with Gasteiger partial charge in [-0.2, -0.15) is 0 Å². The van der Waals surface area contributed by atoms with Gasteiger partial charge >= 0.3 is 6.09 Å². The maximum Gasteiger partial charge on any atom is 0.426 e. The van der Waals surface area contributed by atoms with Crippen LogP contribution in [0.15, 0.2) is 18.5 Å². The summed E-state index contributed by atoms with van der Waals surface area (Å²) >= 11 is 0. The fourth-order valence-corrected chi connectivity index (χ4v) is 0.774. The first kappa shape index (κ1) is 11.2. The highest BCUT2D eigenvalue weighted by atomic mass is 16.6. The lowest BCUT2D eigenvalue weighted by atomic mass is 10.2. The normalized spacial score (nSPS) is 10.6. The third-order valence-electron chi connectivity index (χ3n) is 1.24. The summed E-state index contributed by atoms with van der Waals surface area (Å²) < 4.78 is 4.99. The maximum absolute atomic E-state index is 11.2. The van der Waals surface area contributed by atoms with Crippen LogP contribution in [0.3, 0.4) is 0 Å². The summed E-state index contributed by atoms with van der Waals surface area (Å²) in [6, 6.07) is 1.68. The molecule has 0 fully saturated rings. The molecule has 1 amide bonds. The lowest BCUT2D eigenvalue weighted by molar-refractivity contribution is 0.0540. The topological polar surface area (TPSA) is 76.1 Å². The zero-order chi connectivity index (χ0) is 11.3. The Kier molecular flexibility index (Phi) is 3.43. The van der Waals surface area contributed by atoms with Crippen LogP contribution >= 0.6 is 0 Å². The summed E-state index contributed by atoms with van der Waals surface area (Å²) in [5.41, 5.74) is 4.32. The van der Waals surface area contributed by atoms with Gasteiger partial charge in [-0.3, -0.25) is 5.43 Å². The molecule has 0 aliphatic carbocycles.